The minimum absolute atomic E-state index is 0.184. The highest BCUT2D eigenvalue weighted by Gasteiger charge is 2.09. The van der Waals surface area contributed by atoms with Crippen LogP contribution >= 0.6 is 11.6 Å². The van der Waals surface area contributed by atoms with Crippen molar-refractivity contribution in [2.24, 2.45) is 0 Å². The van der Waals surface area contributed by atoms with Crippen molar-refractivity contribution in [2.75, 3.05) is 24.6 Å². The van der Waals surface area contributed by atoms with Gasteiger partial charge in [0.25, 0.3) is 0 Å². The number of nitrogens with one attached hydrogen (secondary N) is 1. The van der Waals surface area contributed by atoms with E-state index in [9.17, 15) is 0 Å². The molecule has 1 atom stereocenters. The number of nitrogen functional groups attached to an aromatic ring is 1. The van der Waals surface area contributed by atoms with Gasteiger partial charge in [-0.3, -0.25) is 4.90 Å². The highest BCUT2D eigenvalue weighted by atomic mass is 35.5. The first-order valence-electron chi connectivity index (χ1n) is 7.32. The number of nitrogens with zero attached hydrogens (tertiary/aromatic N) is 3. The van der Waals surface area contributed by atoms with E-state index in [1.165, 1.54) is 5.56 Å². The molecule has 6 heteroatoms. The first-order valence-corrected chi connectivity index (χ1v) is 7.70. The lowest BCUT2D eigenvalue weighted by Crippen LogP contribution is -2.30. The van der Waals surface area contributed by atoms with Gasteiger partial charge in [-0.15, -0.1) is 0 Å². The van der Waals surface area contributed by atoms with Gasteiger partial charge in [0.2, 0.25) is 5.95 Å². The highest BCUT2D eigenvalue weighted by Crippen LogP contribution is 2.13. The van der Waals surface area contributed by atoms with E-state index < -0.39 is 0 Å². The van der Waals surface area contributed by atoms with Crippen LogP contribution in [0.1, 0.15) is 18.9 Å². The van der Waals surface area contributed by atoms with Gasteiger partial charge in [0.05, 0.1) is 0 Å². The third-order valence-electron chi connectivity index (χ3n) is 3.61. The third kappa shape index (κ3) is 5.16. The minimum atomic E-state index is 0.184. The Labute approximate surface area is 136 Å². The second-order valence-corrected chi connectivity index (χ2v) is 5.79. The van der Waals surface area contributed by atoms with Crippen molar-refractivity contribution in [1.29, 1.82) is 0 Å². The van der Waals surface area contributed by atoms with Gasteiger partial charge >= 0.3 is 0 Å². The maximum atomic E-state index is 5.85. The van der Waals surface area contributed by atoms with Crippen molar-refractivity contribution < 1.29 is 0 Å². The monoisotopic (exact) mass is 319 g/mol. The summed E-state index contributed by atoms with van der Waals surface area (Å²) in [6.45, 7) is 3.95. The summed E-state index contributed by atoms with van der Waals surface area (Å²) < 4.78 is 0. The van der Waals surface area contributed by atoms with Gasteiger partial charge < -0.3 is 11.1 Å². The number of hydrogen-bond donors (Lipinski definition) is 2. The van der Waals surface area contributed by atoms with Gasteiger partial charge in [-0.2, -0.15) is 4.98 Å². The molecule has 3 N–H and O–H groups in total. The smallest absolute Gasteiger partial charge is 0.223 e. The topological polar surface area (TPSA) is 67.1 Å². The molecule has 0 fully saturated rings. The zero-order valence-corrected chi connectivity index (χ0v) is 13.7. The number of rotatable bonds is 7. The highest BCUT2D eigenvalue weighted by molar-refractivity contribution is 6.29. The van der Waals surface area contributed by atoms with Crippen LogP contribution < -0.4 is 11.1 Å². The van der Waals surface area contributed by atoms with Crippen LogP contribution in [0, 0.1) is 0 Å². The molecule has 2 aromatic rings. The Hall–Kier alpha value is -1.85. The van der Waals surface area contributed by atoms with Gasteiger partial charge in [0, 0.05) is 25.2 Å². The fourth-order valence-corrected chi connectivity index (χ4v) is 2.37. The quantitative estimate of drug-likeness (QED) is 0.768. The molecule has 0 saturated carbocycles. The molecule has 0 saturated heterocycles. The first-order chi connectivity index (χ1) is 10.5. The number of nitrogens with two attached hydrogens (primary N) is 1. The molecule has 2 rings (SSSR count). The molecule has 0 aliphatic rings. The van der Waals surface area contributed by atoms with E-state index in [0.717, 1.165) is 19.5 Å². The summed E-state index contributed by atoms with van der Waals surface area (Å²) in [6.07, 6.45) is 0.991. The van der Waals surface area contributed by atoms with Crippen molar-refractivity contribution in [3.63, 3.8) is 0 Å². The molecule has 5 nitrogen and oxygen atoms in total. The Bertz CT molecular complexity index is 570. The van der Waals surface area contributed by atoms with Crippen LogP contribution in [0.4, 0.5) is 11.8 Å². The lowest BCUT2D eigenvalue weighted by molar-refractivity contribution is 0.242. The molecule has 118 valence electrons. The summed E-state index contributed by atoms with van der Waals surface area (Å²) in [7, 11) is 2.14. The third-order valence-corrected chi connectivity index (χ3v) is 3.80. The van der Waals surface area contributed by atoms with E-state index in [2.05, 4.69) is 58.4 Å². The molecule has 1 unspecified atom stereocenters. The van der Waals surface area contributed by atoms with Crippen LogP contribution in [0.15, 0.2) is 36.4 Å². The van der Waals surface area contributed by atoms with Gasteiger partial charge in [-0.05, 0) is 26.0 Å². The van der Waals surface area contributed by atoms with Crippen molar-refractivity contribution in [1.82, 2.24) is 14.9 Å². The predicted molar refractivity (Wildman–Crippen MR) is 91.9 cm³/mol. The van der Waals surface area contributed by atoms with E-state index in [0.29, 0.717) is 17.0 Å². The average Bonchev–Trinajstić information content (AvgIpc) is 2.47. The number of benzene rings is 1. The van der Waals surface area contributed by atoms with Crippen LogP contribution in [0.25, 0.3) is 0 Å². The summed E-state index contributed by atoms with van der Waals surface area (Å²) in [6, 6.07) is 12.6. The van der Waals surface area contributed by atoms with Crippen LogP contribution in [-0.2, 0) is 6.54 Å². The van der Waals surface area contributed by atoms with E-state index in [4.69, 9.17) is 17.3 Å². The lowest BCUT2D eigenvalue weighted by Gasteiger charge is -2.25. The molecular formula is C16H22ClN5. The van der Waals surface area contributed by atoms with E-state index >= 15 is 0 Å². The first kappa shape index (κ1) is 16.5. The zero-order chi connectivity index (χ0) is 15.9. The maximum absolute atomic E-state index is 5.85. The standard InChI is InChI=1S/C16H22ClN5/c1-12(22(2)11-13-6-4-3-5-7-13)8-9-19-15-10-14(17)20-16(18)21-15/h3-7,10,12H,8-9,11H2,1-2H3,(H3,18,19,20,21). The summed E-state index contributed by atoms with van der Waals surface area (Å²) in [4.78, 5) is 10.3. The second kappa shape index (κ2) is 7.96. The molecule has 22 heavy (non-hydrogen) atoms. The fourth-order valence-electron chi connectivity index (χ4n) is 2.18. The predicted octanol–water partition coefficient (Wildman–Crippen LogP) is 3.03. The molecular weight excluding hydrogens is 298 g/mol. The van der Waals surface area contributed by atoms with Crippen LogP contribution in [0.3, 0.4) is 0 Å². The van der Waals surface area contributed by atoms with Crippen LogP contribution in [0.2, 0.25) is 5.15 Å². The van der Waals surface area contributed by atoms with E-state index in [1.54, 1.807) is 6.07 Å². The maximum Gasteiger partial charge on any atom is 0.223 e. The van der Waals surface area contributed by atoms with Crippen LogP contribution in [-0.4, -0.2) is 34.5 Å². The van der Waals surface area contributed by atoms with Gasteiger partial charge in [-0.25, -0.2) is 4.98 Å². The van der Waals surface area contributed by atoms with Crippen molar-refractivity contribution in [2.45, 2.75) is 25.9 Å². The van der Waals surface area contributed by atoms with Crippen molar-refractivity contribution in [3.05, 3.63) is 47.1 Å². The molecule has 0 amide bonds. The largest absolute Gasteiger partial charge is 0.370 e. The Kier molecular flexibility index (Phi) is 5.98. The zero-order valence-electron chi connectivity index (χ0n) is 13.0. The molecule has 1 aromatic heterocycles. The second-order valence-electron chi connectivity index (χ2n) is 5.40. The van der Waals surface area contributed by atoms with Crippen molar-refractivity contribution >= 4 is 23.4 Å². The Morgan fingerprint density at radius 3 is 2.68 bits per heavy atom. The summed E-state index contributed by atoms with van der Waals surface area (Å²) >= 11 is 5.85. The van der Waals surface area contributed by atoms with Crippen molar-refractivity contribution in [3.8, 4) is 0 Å². The SMILES string of the molecule is CC(CCNc1cc(Cl)nc(N)n1)N(C)Cc1ccccc1. The molecule has 0 bridgehead atoms. The number of aromatic nitrogens is 2. The Balaban J connectivity index is 1.78. The van der Waals surface area contributed by atoms with E-state index in [-0.39, 0.29) is 5.95 Å². The molecule has 1 aromatic carbocycles. The number of hydrogen-bond acceptors (Lipinski definition) is 5. The molecule has 1 heterocycles. The minimum Gasteiger partial charge on any atom is -0.370 e. The lowest BCUT2D eigenvalue weighted by atomic mass is 10.1. The van der Waals surface area contributed by atoms with Gasteiger partial charge in [0.1, 0.15) is 11.0 Å². The average molecular weight is 320 g/mol. The molecule has 0 spiro atoms. The number of anilines is 2. The molecule has 0 aliphatic carbocycles. The van der Waals surface area contributed by atoms with E-state index in [1.807, 2.05) is 6.07 Å². The normalized spacial score (nSPS) is 12.4. The van der Waals surface area contributed by atoms with Crippen LogP contribution in [0.5, 0.6) is 0 Å². The van der Waals surface area contributed by atoms with Gasteiger partial charge in [-0.1, -0.05) is 41.9 Å². The summed E-state index contributed by atoms with van der Waals surface area (Å²) in [5.41, 5.74) is 6.89. The Morgan fingerprint density at radius 2 is 2.00 bits per heavy atom. The summed E-state index contributed by atoms with van der Waals surface area (Å²) in [5.74, 6) is 0.847. The number of halogens is 1. The fraction of sp³-hybridized carbons (Fsp3) is 0.375. The van der Waals surface area contributed by atoms with Gasteiger partial charge in [0.15, 0.2) is 0 Å². The molecule has 0 radical (unpaired) electrons. The molecule has 0 aliphatic heterocycles. The Morgan fingerprint density at radius 1 is 1.27 bits per heavy atom. The summed E-state index contributed by atoms with van der Waals surface area (Å²) in [5, 5.41) is 3.58.